The van der Waals surface area contributed by atoms with Crippen molar-refractivity contribution >= 4 is 11.9 Å². The van der Waals surface area contributed by atoms with E-state index in [0.717, 1.165) is 14.2 Å². The molecule has 1 rings (SSSR count). The van der Waals surface area contributed by atoms with Crippen molar-refractivity contribution in [2.75, 3.05) is 14.2 Å². The first-order valence-corrected chi connectivity index (χ1v) is 6.81. The summed E-state index contributed by atoms with van der Waals surface area (Å²) < 4.78 is 48.9. The Labute approximate surface area is 131 Å². The van der Waals surface area contributed by atoms with Crippen molar-refractivity contribution in [3.63, 3.8) is 0 Å². The van der Waals surface area contributed by atoms with Crippen molar-refractivity contribution in [1.82, 2.24) is 4.98 Å². The zero-order valence-corrected chi connectivity index (χ0v) is 13.5. The van der Waals surface area contributed by atoms with E-state index in [2.05, 4.69) is 14.5 Å². The summed E-state index contributed by atoms with van der Waals surface area (Å²) in [6, 6.07) is 0. The van der Waals surface area contributed by atoms with Crippen LogP contribution in [0, 0.1) is 12.8 Å². The molecule has 0 fully saturated rings. The van der Waals surface area contributed by atoms with Gasteiger partial charge in [-0.1, -0.05) is 13.8 Å². The largest absolute Gasteiger partial charge is 0.465 e. The maximum Gasteiger partial charge on any atom is 0.434 e. The van der Waals surface area contributed by atoms with Gasteiger partial charge in [0.2, 0.25) is 0 Å². The number of ether oxygens (including phenoxy) is 2. The lowest BCUT2D eigenvalue weighted by atomic mass is 9.91. The fraction of sp³-hybridized carbons (Fsp3) is 0.533. The van der Waals surface area contributed by atoms with E-state index < -0.39 is 29.4 Å². The van der Waals surface area contributed by atoms with Crippen LogP contribution in [0.3, 0.4) is 0 Å². The summed E-state index contributed by atoms with van der Waals surface area (Å²) in [5.74, 6) is -2.14. The van der Waals surface area contributed by atoms with Gasteiger partial charge in [0, 0.05) is 0 Å². The van der Waals surface area contributed by atoms with Crippen molar-refractivity contribution < 1.29 is 32.2 Å². The minimum Gasteiger partial charge on any atom is -0.465 e. The van der Waals surface area contributed by atoms with Gasteiger partial charge in [-0.05, 0) is 24.8 Å². The van der Waals surface area contributed by atoms with Gasteiger partial charge in [-0.15, -0.1) is 0 Å². The Morgan fingerprint density at radius 3 is 1.96 bits per heavy atom. The predicted octanol–water partition coefficient (Wildman–Crippen LogP) is 3.18. The van der Waals surface area contributed by atoms with Gasteiger partial charge >= 0.3 is 18.1 Å². The SMILES string of the molecule is COC(=O)c1c(C)nc(C(F)(F)F)c(C(=O)OC)c1CC(C)C. The molecule has 0 radical (unpaired) electrons. The summed E-state index contributed by atoms with van der Waals surface area (Å²) in [7, 11) is 2.08. The summed E-state index contributed by atoms with van der Waals surface area (Å²) in [4.78, 5) is 27.3. The van der Waals surface area contributed by atoms with Crippen molar-refractivity contribution in [2.45, 2.75) is 33.4 Å². The highest BCUT2D eigenvalue weighted by atomic mass is 19.4. The number of aromatic nitrogens is 1. The molecule has 0 N–H and O–H groups in total. The second kappa shape index (κ2) is 6.97. The second-order valence-electron chi connectivity index (χ2n) is 5.35. The molecule has 128 valence electrons. The Hall–Kier alpha value is -2.12. The molecule has 23 heavy (non-hydrogen) atoms. The molecule has 1 aromatic rings. The van der Waals surface area contributed by atoms with Crippen LogP contribution in [0.15, 0.2) is 0 Å². The molecule has 0 bridgehead atoms. The van der Waals surface area contributed by atoms with Crippen LogP contribution in [-0.2, 0) is 22.1 Å². The van der Waals surface area contributed by atoms with Crippen molar-refractivity contribution in [2.24, 2.45) is 5.92 Å². The molecule has 1 heterocycles. The smallest absolute Gasteiger partial charge is 0.434 e. The fourth-order valence-corrected chi connectivity index (χ4v) is 2.28. The number of alkyl halides is 3. The topological polar surface area (TPSA) is 65.5 Å². The van der Waals surface area contributed by atoms with E-state index >= 15 is 0 Å². The lowest BCUT2D eigenvalue weighted by Gasteiger charge is -2.20. The molecule has 0 saturated carbocycles. The number of methoxy groups -OCH3 is 2. The number of esters is 2. The summed E-state index contributed by atoms with van der Waals surface area (Å²) in [5.41, 5.74) is -2.43. The predicted molar refractivity (Wildman–Crippen MR) is 75.2 cm³/mol. The molecule has 8 heteroatoms. The normalized spacial score (nSPS) is 11.5. The number of pyridine rings is 1. The summed E-state index contributed by atoms with van der Waals surface area (Å²) >= 11 is 0. The Morgan fingerprint density at radius 2 is 1.57 bits per heavy atom. The monoisotopic (exact) mass is 333 g/mol. The number of halogens is 3. The third-order valence-corrected chi connectivity index (χ3v) is 3.14. The van der Waals surface area contributed by atoms with E-state index in [1.54, 1.807) is 13.8 Å². The molecule has 0 unspecified atom stereocenters. The highest BCUT2D eigenvalue weighted by Gasteiger charge is 2.41. The van der Waals surface area contributed by atoms with Gasteiger partial charge in [0.05, 0.1) is 31.0 Å². The van der Waals surface area contributed by atoms with Gasteiger partial charge < -0.3 is 9.47 Å². The molecular formula is C15H18F3NO4. The van der Waals surface area contributed by atoms with E-state index in [0.29, 0.717) is 0 Å². The Morgan fingerprint density at radius 1 is 1.09 bits per heavy atom. The highest BCUT2D eigenvalue weighted by molar-refractivity contribution is 5.99. The highest BCUT2D eigenvalue weighted by Crippen LogP contribution is 2.35. The zero-order valence-electron chi connectivity index (χ0n) is 13.5. The maximum atomic E-state index is 13.3. The molecular weight excluding hydrogens is 315 g/mol. The third-order valence-electron chi connectivity index (χ3n) is 3.14. The third kappa shape index (κ3) is 4.00. The van der Waals surface area contributed by atoms with Crippen LogP contribution in [0.25, 0.3) is 0 Å². The number of hydrogen-bond donors (Lipinski definition) is 0. The second-order valence-corrected chi connectivity index (χ2v) is 5.35. The van der Waals surface area contributed by atoms with Crippen molar-refractivity contribution in [3.8, 4) is 0 Å². The molecule has 0 atom stereocenters. The van der Waals surface area contributed by atoms with Gasteiger partial charge in [-0.2, -0.15) is 13.2 Å². The lowest BCUT2D eigenvalue weighted by Crippen LogP contribution is -2.24. The average molecular weight is 333 g/mol. The van der Waals surface area contributed by atoms with E-state index in [4.69, 9.17) is 0 Å². The average Bonchev–Trinajstić information content (AvgIpc) is 2.43. The zero-order chi connectivity index (χ0) is 17.9. The Balaban J connectivity index is 3.89. The number of rotatable bonds is 4. The molecule has 0 spiro atoms. The van der Waals surface area contributed by atoms with Crippen molar-refractivity contribution in [3.05, 3.63) is 28.1 Å². The molecule has 0 aliphatic rings. The Bertz CT molecular complexity index is 624. The van der Waals surface area contributed by atoms with Gasteiger partial charge in [0.15, 0.2) is 5.69 Å². The van der Waals surface area contributed by atoms with Crippen LogP contribution in [0.2, 0.25) is 0 Å². The first kappa shape index (κ1) is 18.9. The molecule has 1 aromatic heterocycles. The van der Waals surface area contributed by atoms with Gasteiger partial charge in [-0.25, -0.2) is 14.6 Å². The van der Waals surface area contributed by atoms with Gasteiger partial charge in [0.25, 0.3) is 0 Å². The number of nitrogens with zero attached hydrogens (tertiary/aromatic N) is 1. The molecule has 0 aliphatic carbocycles. The van der Waals surface area contributed by atoms with Crippen LogP contribution in [0.5, 0.6) is 0 Å². The molecule has 0 amide bonds. The number of aryl methyl sites for hydroxylation is 1. The Kier molecular flexibility index (Phi) is 5.74. The lowest BCUT2D eigenvalue weighted by molar-refractivity contribution is -0.141. The van der Waals surface area contributed by atoms with Crippen LogP contribution < -0.4 is 0 Å². The van der Waals surface area contributed by atoms with E-state index in [9.17, 15) is 22.8 Å². The van der Waals surface area contributed by atoms with Gasteiger partial charge in [0.1, 0.15) is 0 Å². The summed E-state index contributed by atoms with van der Waals surface area (Å²) in [5, 5.41) is 0. The quantitative estimate of drug-likeness (QED) is 0.792. The molecule has 5 nitrogen and oxygen atoms in total. The molecule has 0 saturated heterocycles. The van der Waals surface area contributed by atoms with E-state index in [-0.39, 0.29) is 29.2 Å². The molecule has 0 aromatic carbocycles. The number of carbonyl (C=O) groups is 2. The summed E-state index contributed by atoms with van der Waals surface area (Å²) in [6.07, 6.45) is -4.78. The van der Waals surface area contributed by atoms with Crippen LogP contribution in [-0.4, -0.2) is 31.1 Å². The van der Waals surface area contributed by atoms with Crippen LogP contribution in [0.4, 0.5) is 13.2 Å². The fourth-order valence-electron chi connectivity index (χ4n) is 2.28. The first-order chi connectivity index (χ1) is 10.5. The van der Waals surface area contributed by atoms with Crippen molar-refractivity contribution in [1.29, 1.82) is 0 Å². The first-order valence-electron chi connectivity index (χ1n) is 6.81. The standard InChI is InChI=1S/C15H18F3NO4/c1-7(2)6-9-10(13(20)22-4)8(3)19-12(15(16,17)18)11(9)14(21)23-5/h7H,6H2,1-5H3. The molecule has 0 aliphatic heterocycles. The summed E-state index contributed by atoms with van der Waals surface area (Å²) in [6.45, 7) is 4.78. The van der Waals surface area contributed by atoms with Crippen LogP contribution >= 0.6 is 0 Å². The minimum absolute atomic E-state index is 0.0569. The van der Waals surface area contributed by atoms with E-state index in [1.165, 1.54) is 6.92 Å². The minimum atomic E-state index is -4.85. The number of hydrogen-bond acceptors (Lipinski definition) is 5. The van der Waals surface area contributed by atoms with Gasteiger partial charge in [-0.3, -0.25) is 0 Å². The maximum absolute atomic E-state index is 13.3. The van der Waals surface area contributed by atoms with E-state index in [1.807, 2.05) is 0 Å². The number of carbonyl (C=O) groups excluding carboxylic acids is 2. The van der Waals surface area contributed by atoms with Crippen LogP contribution in [0.1, 0.15) is 51.5 Å².